The van der Waals surface area contributed by atoms with Crippen LogP contribution in [0.25, 0.3) is 0 Å². The van der Waals surface area contributed by atoms with Crippen LogP contribution in [0.5, 0.6) is 0 Å². The highest BCUT2D eigenvalue weighted by atomic mass is 16.6. The lowest BCUT2D eigenvalue weighted by Crippen LogP contribution is -2.75. The van der Waals surface area contributed by atoms with Crippen molar-refractivity contribution in [3.63, 3.8) is 0 Å². The number of ketones is 2. The summed E-state index contributed by atoms with van der Waals surface area (Å²) >= 11 is 0. The van der Waals surface area contributed by atoms with Crippen molar-refractivity contribution in [1.82, 2.24) is 4.90 Å². The number of benzene rings is 2. The van der Waals surface area contributed by atoms with E-state index < -0.39 is 44.8 Å². The highest BCUT2D eigenvalue weighted by Gasteiger charge is 2.77. The molecule has 0 amide bonds. The van der Waals surface area contributed by atoms with Gasteiger partial charge in [0.2, 0.25) is 5.78 Å². The molecule has 0 radical (unpaired) electrons. The van der Waals surface area contributed by atoms with Crippen molar-refractivity contribution in [2.24, 2.45) is 5.92 Å². The van der Waals surface area contributed by atoms with E-state index in [1.54, 1.807) is 36.4 Å². The number of carbonyl (C=O) groups excluding carboxylic acids is 2. The molecule has 2 bridgehead atoms. The van der Waals surface area contributed by atoms with Crippen LogP contribution >= 0.6 is 0 Å². The smallest absolute Gasteiger partial charge is 0.294 e. The van der Waals surface area contributed by atoms with Crippen molar-refractivity contribution in [3.05, 3.63) is 91.5 Å². The summed E-state index contributed by atoms with van der Waals surface area (Å²) < 4.78 is 0. The van der Waals surface area contributed by atoms with E-state index in [9.17, 15) is 29.8 Å². The van der Waals surface area contributed by atoms with Crippen LogP contribution in [-0.2, 0) is 5.54 Å². The first kappa shape index (κ1) is 19.8. The molecule has 3 atom stereocenters. The highest BCUT2D eigenvalue weighted by Crippen LogP contribution is 2.53. The molecule has 0 saturated carbocycles. The topological polar surface area (TPSA) is 124 Å². The molecule has 3 unspecified atom stereocenters. The zero-order chi connectivity index (χ0) is 21.7. The maximum absolute atomic E-state index is 13.4. The summed E-state index contributed by atoms with van der Waals surface area (Å²) in [5, 5.41) is 24.9. The number of fused-ring (bicyclic) bond motifs is 4. The second-order valence-corrected chi connectivity index (χ2v) is 7.96. The maximum atomic E-state index is 13.4. The normalized spacial score (nSPS) is 27.9. The third kappa shape index (κ3) is 2.51. The summed E-state index contributed by atoms with van der Waals surface area (Å²) in [5.74, 6) is -2.66. The van der Waals surface area contributed by atoms with Crippen molar-refractivity contribution in [1.29, 1.82) is 0 Å². The average molecular weight is 409 g/mol. The Hall–Kier alpha value is -3.46. The lowest BCUT2D eigenvalue weighted by atomic mass is 9.56. The Morgan fingerprint density at radius 1 is 1.00 bits per heavy atom. The van der Waals surface area contributed by atoms with Gasteiger partial charge in [0.05, 0.1) is 13.1 Å². The summed E-state index contributed by atoms with van der Waals surface area (Å²) in [4.78, 5) is 51.5. The van der Waals surface area contributed by atoms with E-state index in [4.69, 9.17) is 0 Å². The Balaban J connectivity index is 1.98. The monoisotopic (exact) mass is 409 g/mol. The van der Waals surface area contributed by atoms with E-state index in [0.29, 0.717) is 5.56 Å². The van der Waals surface area contributed by atoms with Gasteiger partial charge < -0.3 is 0 Å². The Morgan fingerprint density at radius 2 is 1.57 bits per heavy atom. The van der Waals surface area contributed by atoms with Crippen LogP contribution in [0.3, 0.4) is 0 Å². The minimum Gasteiger partial charge on any atom is -0.294 e. The quantitative estimate of drug-likeness (QED) is 0.421. The van der Waals surface area contributed by atoms with E-state index in [1.807, 2.05) is 0 Å². The SMILES string of the molecule is CN1CC2([N+](=O)[O-])C(=O)c3ccccc3C([N+](=O)[O-])(C1)C2CC(=O)c1ccccc1. The predicted molar refractivity (Wildman–Crippen MR) is 106 cm³/mol. The zero-order valence-corrected chi connectivity index (χ0v) is 16.2. The van der Waals surface area contributed by atoms with Crippen LogP contribution in [-0.4, -0.2) is 52.0 Å². The van der Waals surface area contributed by atoms with Crippen LogP contribution in [0.15, 0.2) is 54.6 Å². The number of nitrogens with zero attached hydrogens (tertiary/aromatic N) is 3. The summed E-state index contributed by atoms with van der Waals surface area (Å²) in [5.41, 5.74) is -3.81. The molecule has 0 aromatic heterocycles. The zero-order valence-electron chi connectivity index (χ0n) is 16.2. The first-order chi connectivity index (χ1) is 14.2. The Morgan fingerprint density at radius 3 is 2.20 bits per heavy atom. The highest BCUT2D eigenvalue weighted by molar-refractivity contribution is 6.07. The third-order valence-corrected chi connectivity index (χ3v) is 6.34. The summed E-state index contributed by atoms with van der Waals surface area (Å²) in [6, 6.07) is 14.1. The molecule has 2 aromatic rings. The molecule has 30 heavy (non-hydrogen) atoms. The van der Waals surface area contributed by atoms with Crippen LogP contribution in [0.4, 0.5) is 0 Å². The third-order valence-electron chi connectivity index (χ3n) is 6.34. The molecule has 1 aliphatic heterocycles. The van der Waals surface area contributed by atoms with Crippen molar-refractivity contribution in [3.8, 4) is 0 Å². The second-order valence-electron chi connectivity index (χ2n) is 7.96. The number of nitro groups is 2. The van der Waals surface area contributed by atoms with Crippen molar-refractivity contribution in [2.75, 3.05) is 20.1 Å². The number of rotatable bonds is 5. The van der Waals surface area contributed by atoms with Crippen LogP contribution < -0.4 is 0 Å². The fourth-order valence-corrected chi connectivity index (χ4v) is 5.11. The number of likely N-dealkylation sites (tertiary alicyclic amines) is 1. The van der Waals surface area contributed by atoms with Gasteiger partial charge in [-0.1, -0.05) is 54.6 Å². The van der Waals surface area contributed by atoms with Gasteiger partial charge >= 0.3 is 5.54 Å². The molecule has 9 heteroatoms. The molecule has 154 valence electrons. The summed E-state index contributed by atoms with van der Waals surface area (Å²) in [6.07, 6.45) is -0.472. The van der Waals surface area contributed by atoms with Gasteiger partial charge in [-0.15, -0.1) is 0 Å². The van der Waals surface area contributed by atoms with Crippen molar-refractivity contribution < 1.29 is 19.4 Å². The summed E-state index contributed by atoms with van der Waals surface area (Å²) in [6.45, 7) is -0.428. The number of hydrogen-bond acceptors (Lipinski definition) is 7. The van der Waals surface area contributed by atoms with E-state index in [-0.39, 0.29) is 24.2 Å². The number of piperidine rings is 1. The minimum absolute atomic E-state index is 0.0117. The van der Waals surface area contributed by atoms with Gasteiger partial charge in [-0.2, -0.15) is 0 Å². The van der Waals surface area contributed by atoms with Crippen molar-refractivity contribution in [2.45, 2.75) is 17.5 Å². The fourth-order valence-electron chi connectivity index (χ4n) is 5.11. The number of hydrogen-bond donors (Lipinski definition) is 0. The molecule has 2 aromatic carbocycles. The van der Waals surface area contributed by atoms with Gasteiger partial charge in [-0.05, 0) is 7.05 Å². The van der Waals surface area contributed by atoms with Gasteiger partial charge in [0, 0.05) is 33.0 Å². The molecular formula is C21H19N3O6. The molecule has 1 fully saturated rings. The Labute approximate surface area is 171 Å². The first-order valence-electron chi connectivity index (χ1n) is 9.45. The molecule has 0 N–H and O–H groups in total. The number of carbonyl (C=O) groups is 2. The van der Waals surface area contributed by atoms with E-state index in [2.05, 4.69) is 0 Å². The van der Waals surface area contributed by atoms with E-state index >= 15 is 0 Å². The van der Waals surface area contributed by atoms with Gasteiger partial charge in [0.1, 0.15) is 5.92 Å². The number of Topliss-reactive ketones (excluding diaryl/α,β-unsaturated/α-hetero) is 2. The molecule has 1 heterocycles. The number of likely N-dealkylation sites (N-methyl/N-ethyl adjacent to an activating group) is 1. The van der Waals surface area contributed by atoms with Gasteiger partial charge in [-0.3, -0.25) is 34.7 Å². The van der Waals surface area contributed by atoms with Crippen molar-refractivity contribution >= 4 is 11.6 Å². The van der Waals surface area contributed by atoms with Gasteiger partial charge in [0.25, 0.3) is 5.54 Å². The molecule has 0 spiro atoms. The Bertz CT molecular complexity index is 1070. The first-order valence-corrected chi connectivity index (χ1v) is 9.45. The largest absolute Gasteiger partial charge is 0.306 e. The lowest BCUT2D eigenvalue weighted by molar-refractivity contribution is -0.639. The minimum atomic E-state index is -2.28. The molecule has 9 nitrogen and oxygen atoms in total. The molecule has 2 aliphatic rings. The average Bonchev–Trinajstić information content (AvgIpc) is 2.73. The van der Waals surface area contributed by atoms with E-state index in [1.165, 1.54) is 30.1 Å². The lowest BCUT2D eigenvalue weighted by Gasteiger charge is -2.50. The van der Waals surface area contributed by atoms with Crippen LogP contribution in [0, 0.1) is 26.1 Å². The maximum Gasteiger partial charge on any atom is 0.306 e. The van der Waals surface area contributed by atoms with Crippen LogP contribution in [0.1, 0.15) is 32.7 Å². The molecular weight excluding hydrogens is 390 g/mol. The van der Waals surface area contributed by atoms with Gasteiger partial charge in [-0.25, -0.2) is 0 Å². The summed E-state index contributed by atoms with van der Waals surface area (Å²) in [7, 11) is 1.52. The second kappa shape index (κ2) is 6.81. The molecule has 4 rings (SSSR count). The Kier molecular flexibility index (Phi) is 4.50. The fraction of sp³-hybridized carbons (Fsp3) is 0.333. The molecule has 1 aliphatic carbocycles. The van der Waals surface area contributed by atoms with Gasteiger partial charge in [0.15, 0.2) is 5.78 Å². The predicted octanol–water partition coefficient (Wildman–Crippen LogP) is 2.21. The van der Waals surface area contributed by atoms with E-state index in [0.717, 1.165) is 0 Å². The molecule has 1 saturated heterocycles. The van der Waals surface area contributed by atoms with Crippen LogP contribution in [0.2, 0.25) is 0 Å². The standard InChI is InChI=1S/C21H19N3O6/c1-22-12-20(23(27)28)16-10-6-5-9-15(16)19(26)21(13-22,24(29)30)18(20)11-17(25)14-7-3-2-4-8-14/h2-10,18H,11-13H2,1H3.